The molecule has 0 saturated heterocycles. The van der Waals surface area contributed by atoms with E-state index < -0.39 is 0 Å². The van der Waals surface area contributed by atoms with Crippen LogP contribution < -0.4 is 0 Å². The lowest BCUT2D eigenvalue weighted by atomic mass is 10.1. The molecule has 1 aliphatic rings. The fraction of sp³-hybridized carbons (Fsp3) is 0.600. The van der Waals surface area contributed by atoms with E-state index in [2.05, 4.69) is 35.2 Å². The van der Waals surface area contributed by atoms with Gasteiger partial charge in [-0.1, -0.05) is 30.3 Å². The highest BCUT2D eigenvalue weighted by Gasteiger charge is 2.27. The largest absolute Gasteiger partial charge is 0.396 e. The lowest BCUT2D eigenvalue weighted by molar-refractivity contribution is 0.236. The number of rotatable bonds is 8. The van der Waals surface area contributed by atoms with Crippen molar-refractivity contribution in [1.29, 1.82) is 0 Å². The summed E-state index contributed by atoms with van der Waals surface area (Å²) < 4.78 is 0. The minimum Gasteiger partial charge on any atom is -0.396 e. The van der Waals surface area contributed by atoms with Crippen LogP contribution in [-0.4, -0.2) is 35.7 Å². The van der Waals surface area contributed by atoms with E-state index in [0.29, 0.717) is 6.61 Å². The highest BCUT2D eigenvalue weighted by Crippen LogP contribution is 2.27. The summed E-state index contributed by atoms with van der Waals surface area (Å²) in [5.41, 5.74) is 1.43. The molecule has 0 bridgehead atoms. The zero-order valence-corrected chi connectivity index (χ0v) is 10.5. The zero-order chi connectivity index (χ0) is 11.9. The van der Waals surface area contributed by atoms with Crippen molar-refractivity contribution in [3.8, 4) is 0 Å². The van der Waals surface area contributed by atoms with Crippen LogP contribution in [0.2, 0.25) is 0 Å². The third-order valence-corrected chi connectivity index (χ3v) is 3.45. The van der Waals surface area contributed by atoms with Crippen molar-refractivity contribution in [1.82, 2.24) is 4.90 Å². The minimum absolute atomic E-state index is 0.331. The Morgan fingerprint density at radius 1 is 1.06 bits per heavy atom. The third-order valence-electron chi connectivity index (χ3n) is 3.45. The van der Waals surface area contributed by atoms with Crippen LogP contribution >= 0.6 is 0 Å². The Morgan fingerprint density at radius 2 is 1.82 bits per heavy atom. The average Bonchev–Trinajstić information content (AvgIpc) is 3.19. The standard InChI is InChI=1S/C15H23NO/c17-13-5-4-11-16(15-8-9-15)12-10-14-6-2-1-3-7-14/h1-3,6-7,15,17H,4-5,8-13H2. The second-order valence-electron chi connectivity index (χ2n) is 4.93. The molecular weight excluding hydrogens is 210 g/mol. The Bertz CT molecular complexity index is 308. The second kappa shape index (κ2) is 6.77. The van der Waals surface area contributed by atoms with Gasteiger partial charge >= 0.3 is 0 Å². The predicted molar refractivity (Wildman–Crippen MR) is 71.1 cm³/mol. The topological polar surface area (TPSA) is 23.5 Å². The maximum atomic E-state index is 8.82. The summed E-state index contributed by atoms with van der Waals surface area (Å²) in [7, 11) is 0. The second-order valence-corrected chi connectivity index (χ2v) is 4.93. The van der Waals surface area contributed by atoms with Gasteiger partial charge in [-0.2, -0.15) is 0 Å². The van der Waals surface area contributed by atoms with E-state index in [4.69, 9.17) is 5.11 Å². The summed E-state index contributed by atoms with van der Waals surface area (Å²) >= 11 is 0. The first-order valence-corrected chi connectivity index (χ1v) is 6.79. The van der Waals surface area contributed by atoms with Crippen LogP contribution in [0, 0.1) is 0 Å². The van der Waals surface area contributed by atoms with Crippen LogP contribution in [-0.2, 0) is 6.42 Å². The average molecular weight is 233 g/mol. The van der Waals surface area contributed by atoms with E-state index in [-0.39, 0.29) is 0 Å². The van der Waals surface area contributed by atoms with Crippen molar-refractivity contribution in [3.63, 3.8) is 0 Å². The van der Waals surface area contributed by atoms with E-state index >= 15 is 0 Å². The molecule has 2 nitrogen and oxygen atoms in total. The van der Waals surface area contributed by atoms with Crippen molar-refractivity contribution in [2.24, 2.45) is 0 Å². The van der Waals surface area contributed by atoms with Gasteiger partial charge in [0.15, 0.2) is 0 Å². The quantitative estimate of drug-likeness (QED) is 0.697. The van der Waals surface area contributed by atoms with Crippen LogP contribution in [0.25, 0.3) is 0 Å². The molecule has 2 rings (SSSR count). The number of aliphatic hydroxyl groups excluding tert-OH is 1. The van der Waals surface area contributed by atoms with Crippen LogP contribution in [0.4, 0.5) is 0 Å². The number of unbranched alkanes of at least 4 members (excludes halogenated alkanes) is 1. The molecule has 2 heteroatoms. The monoisotopic (exact) mass is 233 g/mol. The molecule has 1 aromatic rings. The van der Waals surface area contributed by atoms with Crippen LogP contribution in [0.15, 0.2) is 30.3 Å². The van der Waals surface area contributed by atoms with Gasteiger partial charge in [0.25, 0.3) is 0 Å². The molecule has 1 N–H and O–H groups in total. The Balaban J connectivity index is 1.73. The van der Waals surface area contributed by atoms with Gasteiger partial charge in [0.05, 0.1) is 0 Å². The number of benzene rings is 1. The highest BCUT2D eigenvalue weighted by molar-refractivity contribution is 5.15. The summed E-state index contributed by atoms with van der Waals surface area (Å²) in [5, 5.41) is 8.82. The van der Waals surface area contributed by atoms with Crippen molar-refractivity contribution in [2.45, 2.75) is 38.1 Å². The van der Waals surface area contributed by atoms with Crippen LogP contribution in [0.3, 0.4) is 0 Å². The molecule has 0 amide bonds. The summed E-state index contributed by atoms with van der Waals surface area (Å²) in [6.07, 6.45) is 5.95. The van der Waals surface area contributed by atoms with Gasteiger partial charge in [-0.25, -0.2) is 0 Å². The van der Waals surface area contributed by atoms with Gasteiger partial charge in [-0.15, -0.1) is 0 Å². The summed E-state index contributed by atoms with van der Waals surface area (Å²) in [6.45, 7) is 2.65. The number of hydrogen-bond donors (Lipinski definition) is 1. The number of aliphatic hydroxyl groups is 1. The van der Waals surface area contributed by atoms with Gasteiger partial charge in [-0.3, -0.25) is 0 Å². The Morgan fingerprint density at radius 3 is 2.47 bits per heavy atom. The molecule has 0 atom stereocenters. The fourth-order valence-electron chi connectivity index (χ4n) is 2.26. The highest BCUT2D eigenvalue weighted by atomic mass is 16.2. The fourth-order valence-corrected chi connectivity index (χ4v) is 2.26. The van der Waals surface area contributed by atoms with E-state index in [1.807, 2.05) is 0 Å². The van der Waals surface area contributed by atoms with E-state index in [9.17, 15) is 0 Å². The maximum absolute atomic E-state index is 8.82. The number of nitrogens with zero attached hydrogens (tertiary/aromatic N) is 1. The Kier molecular flexibility index (Phi) is 5.02. The Labute approximate surface area is 104 Å². The molecule has 0 aliphatic heterocycles. The van der Waals surface area contributed by atoms with E-state index in [0.717, 1.165) is 31.8 Å². The molecule has 0 aromatic heterocycles. The minimum atomic E-state index is 0.331. The summed E-state index contributed by atoms with van der Waals surface area (Å²) in [6, 6.07) is 11.5. The molecule has 17 heavy (non-hydrogen) atoms. The van der Waals surface area contributed by atoms with E-state index in [1.165, 1.54) is 24.9 Å². The normalized spacial score (nSPS) is 15.4. The molecule has 0 radical (unpaired) electrons. The molecule has 1 aliphatic carbocycles. The Hall–Kier alpha value is -0.860. The first kappa shape index (κ1) is 12.6. The molecular formula is C15H23NO. The molecule has 1 aromatic carbocycles. The molecule has 1 fully saturated rings. The lowest BCUT2D eigenvalue weighted by Gasteiger charge is -2.21. The summed E-state index contributed by atoms with van der Waals surface area (Å²) in [4.78, 5) is 2.60. The van der Waals surface area contributed by atoms with Crippen molar-refractivity contribution < 1.29 is 5.11 Å². The van der Waals surface area contributed by atoms with Gasteiger partial charge in [0.1, 0.15) is 0 Å². The number of hydrogen-bond acceptors (Lipinski definition) is 2. The first-order valence-electron chi connectivity index (χ1n) is 6.79. The molecule has 0 heterocycles. The van der Waals surface area contributed by atoms with Crippen molar-refractivity contribution in [2.75, 3.05) is 19.7 Å². The molecule has 0 spiro atoms. The van der Waals surface area contributed by atoms with Crippen molar-refractivity contribution >= 4 is 0 Å². The third kappa shape index (κ3) is 4.49. The van der Waals surface area contributed by atoms with Gasteiger partial charge in [-0.05, 0) is 44.2 Å². The first-order chi connectivity index (χ1) is 8.40. The molecule has 1 saturated carbocycles. The van der Waals surface area contributed by atoms with Crippen LogP contribution in [0.1, 0.15) is 31.2 Å². The smallest absolute Gasteiger partial charge is 0.0431 e. The SMILES string of the molecule is OCCCCN(CCc1ccccc1)C1CC1. The van der Waals surface area contributed by atoms with Gasteiger partial charge in [0.2, 0.25) is 0 Å². The maximum Gasteiger partial charge on any atom is 0.0431 e. The zero-order valence-electron chi connectivity index (χ0n) is 10.5. The van der Waals surface area contributed by atoms with Gasteiger partial charge in [0, 0.05) is 19.2 Å². The predicted octanol–water partition coefficient (Wildman–Crippen LogP) is 2.47. The summed E-state index contributed by atoms with van der Waals surface area (Å²) in [5.74, 6) is 0. The van der Waals surface area contributed by atoms with Crippen molar-refractivity contribution in [3.05, 3.63) is 35.9 Å². The van der Waals surface area contributed by atoms with Crippen LogP contribution in [0.5, 0.6) is 0 Å². The lowest BCUT2D eigenvalue weighted by Crippen LogP contribution is -2.29. The molecule has 0 unspecified atom stereocenters. The molecule has 94 valence electrons. The van der Waals surface area contributed by atoms with E-state index in [1.54, 1.807) is 0 Å². The van der Waals surface area contributed by atoms with Gasteiger partial charge < -0.3 is 10.0 Å².